The van der Waals surface area contributed by atoms with Gasteiger partial charge in [0, 0.05) is 184 Å². The summed E-state index contributed by atoms with van der Waals surface area (Å²) in [5, 5.41) is 26.1. The first-order chi connectivity index (χ1) is 50.7. The number of nitrogens with one attached hydrogen (secondary N) is 7. The van der Waals surface area contributed by atoms with Gasteiger partial charge in [-0.15, -0.1) is 12.4 Å². The topological polar surface area (TPSA) is 406 Å². The molecule has 12 amide bonds. The standard InChI is InChI=1S/C24H33N5O5.C19H25N5O3.C17H20N4O3.C7H15NO3.C7H13NO3.ClH/c1-24(2,3)34-23(33)25-8-9-27-10-12-28(13-11-27)17-4-5-18-16(14-17)15-29(22(18)32)19-6-7-20(30)26-21(19)31;20-5-6-22-7-9-23(10-8-22)14-1-2-15-13(11-14)12-24(19(15)27)16-3-4-17(25)21-18(16)26;22-15-4-3-14(16(23)19-15)21-10-11-9-12(1-2-13(11)17(21)24)20-7-5-18-6-8-20;2*1-7(2,3)11-6(10)8-4-5-9;/h4-5,14,19H,6-13,15H2,1-3H3,(H,25,33)(H,26,30,31);1-2,11,16H,3-10,12,20H2,(H,21,25,26);1-2,9,14,18H,3-8,10H2,(H,19,22,23);9H,4-5H2,1-3H3,(H,8,10);5H,4H2,1-3H3,(H,8,10);1H. The molecule has 108 heavy (non-hydrogen) atoms. The molecule has 6 fully saturated rings. The fourth-order valence-corrected chi connectivity index (χ4v) is 13.4. The summed E-state index contributed by atoms with van der Waals surface area (Å²) < 4.78 is 15.0. The highest BCUT2D eigenvalue weighted by molar-refractivity contribution is 6.08. The minimum Gasteiger partial charge on any atom is -0.444 e. The van der Waals surface area contributed by atoms with Crippen molar-refractivity contribution in [2.45, 2.75) is 155 Å². The number of carbonyl (C=O) groups excluding carboxylic acids is 13. The Balaban J connectivity index is 0.000000199. The van der Waals surface area contributed by atoms with E-state index in [9.17, 15) is 62.3 Å². The van der Waals surface area contributed by atoms with Crippen LogP contribution in [-0.4, -0.2) is 267 Å². The molecule has 3 atom stereocenters. The molecule has 0 spiro atoms. The Labute approximate surface area is 636 Å². The van der Waals surface area contributed by atoms with Gasteiger partial charge in [-0.2, -0.15) is 0 Å². The third kappa shape index (κ3) is 24.7. The van der Waals surface area contributed by atoms with Gasteiger partial charge in [-0.3, -0.25) is 68.9 Å². The lowest BCUT2D eigenvalue weighted by Gasteiger charge is -2.36. The number of fused-ring (bicyclic) bond motifs is 3. The van der Waals surface area contributed by atoms with Crippen LogP contribution in [-0.2, 0) is 67.4 Å². The normalized spacial score (nSPS) is 20.2. The number of nitrogens with zero attached hydrogens (tertiary/aromatic N) is 8. The van der Waals surface area contributed by atoms with Gasteiger partial charge in [0.1, 0.15) is 41.2 Å². The van der Waals surface area contributed by atoms with E-state index in [0.717, 1.165) is 125 Å². The Morgan fingerprint density at radius 1 is 0.481 bits per heavy atom. The van der Waals surface area contributed by atoms with Crippen molar-refractivity contribution in [3.63, 3.8) is 0 Å². The number of carbonyl (C=O) groups is 13. The van der Waals surface area contributed by atoms with Gasteiger partial charge in [-0.1, -0.05) is 0 Å². The number of piperidine rings is 3. The molecule has 3 aromatic rings. The van der Waals surface area contributed by atoms with Gasteiger partial charge in [-0.05, 0) is 153 Å². The lowest BCUT2D eigenvalue weighted by Crippen LogP contribution is -2.52. The van der Waals surface area contributed by atoms with Crippen LogP contribution >= 0.6 is 12.4 Å². The van der Waals surface area contributed by atoms with Crippen molar-refractivity contribution in [1.82, 2.24) is 61.7 Å². The van der Waals surface area contributed by atoms with E-state index in [1.54, 1.807) is 56.2 Å². The summed E-state index contributed by atoms with van der Waals surface area (Å²) in [4.78, 5) is 168. The van der Waals surface area contributed by atoms with E-state index < -0.39 is 59.1 Å². The summed E-state index contributed by atoms with van der Waals surface area (Å²) in [5.74, 6) is -2.35. The van der Waals surface area contributed by atoms with Crippen LogP contribution in [0.4, 0.5) is 31.4 Å². The first-order valence-electron chi connectivity index (χ1n) is 36.6. The molecule has 0 saturated carbocycles. The molecular weight excluding hydrogens is 1420 g/mol. The van der Waals surface area contributed by atoms with E-state index in [1.807, 2.05) is 63.2 Å². The summed E-state index contributed by atoms with van der Waals surface area (Å²) >= 11 is 0. The molecule has 0 bridgehead atoms. The van der Waals surface area contributed by atoms with E-state index >= 15 is 0 Å². The van der Waals surface area contributed by atoms with Crippen molar-refractivity contribution in [2.24, 2.45) is 5.73 Å². The number of alkyl carbamates (subject to hydrolysis) is 3. The zero-order valence-electron chi connectivity index (χ0n) is 63.3. The van der Waals surface area contributed by atoms with E-state index in [2.05, 4.69) is 73.8 Å². The number of halogens is 1. The number of amides is 12. The highest BCUT2D eigenvalue weighted by Crippen LogP contribution is 2.35. The summed E-state index contributed by atoms with van der Waals surface area (Å²) in [6, 6.07) is 16.0. The molecule has 3 unspecified atom stereocenters. The van der Waals surface area contributed by atoms with Crippen LogP contribution in [0.1, 0.15) is 149 Å². The minimum absolute atomic E-state index is 0. The number of hydrogen-bond donors (Lipinski definition) is 9. The first-order valence-corrected chi connectivity index (χ1v) is 36.6. The van der Waals surface area contributed by atoms with E-state index in [1.165, 1.54) is 0 Å². The van der Waals surface area contributed by atoms with Crippen molar-refractivity contribution in [3.8, 4) is 0 Å². The number of benzene rings is 3. The number of rotatable bonds is 15. The molecule has 9 aliphatic heterocycles. The van der Waals surface area contributed by atoms with Crippen LogP contribution in [0.2, 0.25) is 0 Å². The van der Waals surface area contributed by atoms with Gasteiger partial charge in [0.2, 0.25) is 35.4 Å². The van der Waals surface area contributed by atoms with Gasteiger partial charge < -0.3 is 80.5 Å². The highest BCUT2D eigenvalue weighted by Gasteiger charge is 2.43. The smallest absolute Gasteiger partial charge is 0.408 e. The van der Waals surface area contributed by atoms with E-state index in [-0.39, 0.29) is 98.6 Å². The Kier molecular flexibility index (Phi) is 31.0. The lowest BCUT2D eigenvalue weighted by molar-refractivity contribution is -0.138. The van der Waals surface area contributed by atoms with Crippen LogP contribution in [0.25, 0.3) is 0 Å². The van der Waals surface area contributed by atoms with E-state index in [0.29, 0.717) is 75.0 Å². The molecule has 592 valence electrons. The second-order valence-electron chi connectivity index (χ2n) is 30.0. The number of piperazine rings is 3. The SMILES string of the molecule is CC(C)(C)OC(=O)NCC=O.CC(C)(C)OC(=O)NCCN1CCN(c2ccc3c(c2)CN(C2CCC(=O)NC2=O)C3=O)CC1.CC(C)(C)OC(=O)NCCO.Cl.NCCN1CCN(c2ccc3c(c2)CN(C2CCC(=O)NC2=O)C3=O)CC1.O=C1CCC(N2Cc3cc(N4CCNCC4)ccc3C2=O)C(=O)N1. The Morgan fingerprint density at radius 3 is 1.12 bits per heavy atom. The van der Waals surface area contributed by atoms with Crippen molar-refractivity contribution < 1.29 is 81.6 Å². The Bertz CT molecular complexity index is 3740. The lowest BCUT2D eigenvalue weighted by atomic mass is 10.0. The Morgan fingerprint density at radius 2 is 0.806 bits per heavy atom. The van der Waals surface area contributed by atoms with Gasteiger partial charge in [0.05, 0.1) is 13.2 Å². The van der Waals surface area contributed by atoms with Crippen LogP contribution < -0.4 is 57.7 Å². The van der Waals surface area contributed by atoms with Gasteiger partial charge in [0.15, 0.2) is 0 Å². The van der Waals surface area contributed by atoms with Crippen LogP contribution in [0.5, 0.6) is 0 Å². The van der Waals surface area contributed by atoms with E-state index in [4.69, 9.17) is 25.1 Å². The number of aliphatic hydroxyl groups is 1. The Hall–Kier alpha value is -9.54. The molecule has 9 aliphatic rings. The largest absolute Gasteiger partial charge is 0.444 e. The maximum absolute atomic E-state index is 12.9. The number of nitrogens with two attached hydrogens (primary N) is 1. The number of aliphatic hydroxyl groups excluding tert-OH is 1. The predicted octanol–water partition coefficient (Wildman–Crippen LogP) is 2.11. The predicted molar refractivity (Wildman–Crippen MR) is 402 cm³/mol. The van der Waals surface area contributed by atoms with Gasteiger partial charge in [0.25, 0.3) is 17.7 Å². The summed E-state index contributed by atoms with van der Waals surface area (Å²) in [5.41, 5.74) is 12.2. The quantitative estimate of drug-likeness (QED) is 0.0598. The molecular formula is C74H107ClN16O17. The summed E-state index contributed by atoms with van der Waals surface area (Å²) in [6.07, 6.45) is 1.10. The summed E-state index contributed by atoms with van der Waals surface area (Å²) in [7, 11) is 0. The zero-order valence-corrected chi connectivity index (χ0v) is 64.2. The number of imide groups is 3. The summed E-state index contributed by atoms with van der Waals surface area (Å²) in [6.45, 7) is 31.5. The third-order valence-corrected chi connectivity index (χ3v) is 18.5. The molecule has 33 nitrogen and oxygen atoms in total. The van der Waals surface area contributed by atoms with Gasteiger partial charge in [-0.25, -0.2) is 14.4 Å². The second kappa shape index (κ2) is 39.0. The molecule has 0 aliphatic carbocycles. The molecule has 12 rings (SSSR count). The van der Waals surface area contributed by atoms with Crippen molar-refractivity contribution in [3.05, 3.63) is 88.0 Å². The number of aldehydes is 1. The van der Waals surface area contributed by atoms with Crippen molar-refractivity contribution in [2.75, 3.05) is 139 Å². The fraction of sp³-hybridized carbons (Fsp3) is 0.581. The molecule has 3 aromatic carbocycles. The molecule has 9 heterocycles. The second-order valence-corrected chi connectivity index (χ2v) is 30.0. The molecule has 10 N–H and O–H groups in total. The molecule has 0 aromatic heterocycles. The average molecular weight is 1530 g/mol. The van der Waals surface area contributed by atoms with Gasteiger partial charge >= 0.3 is 18.3 Å². The molecule has 34 heteroatoms. The maximum Gasteiger partial charge on any atom is 0.408 e. The van der Waals surface area contributed by atoms with Crippen LogP contribution in [0.3, 0.4) is 0 Å². The molecule has 6 saturated heterocycles. The third-order valence-electron chi connectivity index (χ3n) is 18.5. The zero-order chi connectivity index (χ0) is 77.9. The highest BCUT2D eigenvalue weighted by atomic mass is 35.5. The number of ether oxygens (including phenoxy) is 3. The first kappa shape index (κ1) is 85.7. The maximum atomic E-state index is 12.9. The molecule has 0 radical (unpaired) electrons. The monoisotopic (exact) mass is 1530 g/mol. The minimum atomic E-state index is -0.598. The van der Waals surface area contributed by atoms with Crippen molar-refractivity contribution in [1.29, 1.82) is 0 Å². The fourth-order valence-electron chi connectivity index (χ4n) is 13.4. The average Bonchev–Trinajstić information content (AvgIpc) is 1.64. The number of anilines is 3. The van der Waals surface area contributed by atoms with Crippen molar-refractivity contribution >= 4 is 107 Å². The van der Waals surface area contributed by atoms with Crippen LogP contribution in [0.15, 0.2) is 54.6 Å². The number of hydrogen-bond acceptors (Lipinski definition) is 24. The van der Waals surface area contributed by atoms with Crippen LogP contribution in [0, 0.1) is 0 Å².